The van der Waals surface area contributed by atoms with Gasteiger partial charge in [-0.1, -0.05) is 33.6 Å². The molecule has 0 N–H and O–H groups in total. The summed E-state index contributed by atoms with van der Waals surface area (Å²) < 4.78 is 11.8. The van der Waals surface area contributed by atoms with E-state index in [-0.39, 0.29) is 0 Å². The molecule has 2 rings (SSSR count). The Kier molecular flexibility index (Phi) is 5.13. The fraction of sp³-hybridized carbons (Fsp3) is 0.143. The van der Waals surface area contributed by atoms with Gasteiger partial charge in [0.1, 0.15) is 17.2 Å². The van der Waals surface area contributed by atoms with E-state index < -0.39 is 0 Å². The number of alkyl halides is 1. The van der Waals surface area contributed by atoms with E-state index in [4.69, 9.17) is 21.1 Å². The highest BCUT2D eigenvalue weighted by Crippen LogP contribution is 2.34. The Hall–Kier alpha value is -0.710. The number of rotatable bonds is 4. The zero-order chi connectivity index (χ0) is 13.8. The van der Waals surface area contributed by atoms with Crippen LogP contribution in [0.15, 0.2) is 40.9 Å². The molecule has 0 saturated carbocycles. The lowest BCUT2D eigenvalue weighted by atomic mass is 10.2. The van der Waals surface area contributed by atoms with Crippen LogP contribution in [0.1, 0.15) is 5.56 Å². The molecule has 0 saturated heterocycles. The average molecular weight is 407 g/mol. The van der Waals surface area contributed by atoms with Crippen LogP contribution in [0.4, 0.5) is 0 Å². The van der Waals surface area contributed by atoms with Crippen molar-refractivity contribution in [1.82, 2.24) is 0 Å². The van der Waals surface area contributed by atoms with Gasteiger partial charge in [0.2, 0.25) is 0 Å². The molecule has 0 fully saturated rings. The molecule has 100 valence electrons. The molecule has 0 aliphatic heterocycles. The molecule has 0 radical (unpaired) electrons. The number of hydrogen-bond donors (Lipinski definition) is 0. The Morgan fingerprint density at radius 3 is 2.42 bits per heavy atom. The summed E-state index contributed by atoms with van der Waals surface area (Å²) in [5.41, 5.74) is 1.03. The minimum atomic E-state index is 0.680. The van der Waals surface area contributed by atoms with Crippen LogP contribution in [0.2, 0.25) is 5.02 Å². The summed E-state index contributed by atoms with van der Waals surface area (Å²) in [4.78, 5) is 0. The van der Waals surface area contributed by atoms with E-state index in [0.717, 1.165) is 21.1 Å². The molecule has 0 aliphatic carbocycles. The van der Waals surface area contributed by atoms with Crippen molar-refractivity contribution in [2.75, 3.05) is 7.11 Å². The normalized spacial score (nSPS) is 10.3. The van der Waals surface area contributed by atoms with Gasteiger partial charge in [0.15, 0.2) is 0 Å². The summed E-state index contributed by atoms with van der Waals surface area (Å²) in [6, 6.07) is 11.2. The molecule has 0 heterocycles. The largest absolute Gasteiger partial charge is 0.497 e. The second-order valence-electron chi connectivity index (χ2n) is 3.79. The van der Waals surface area contributed by atoms with Gasteiger partial charge in [0.25, 0.3) is 0 Å². The highest BCUT2D eigenvalue weighted by atomic mass is 79.9. The monoisotopic (exact) mass is 404 g/mol. The maximum atomic E-state index is 6.14. The van der Waals surface area contributed by atoms with Crippen molar-refractivity contribution in [2.45, 2.75) is 5.33 Å². The Morgan fingerprint density at radius 1 is 1.11 bits per heavy atom. The van der Waals surface area contributed by atoms with E-state index in [0.29, 0.717) is 16.5 Å². The van der Waals surface area contributed by atoms with Gasteiger partial charge in [-0.05, 0) is 51.8 Å². The number of ether oxygens (including phenoxy) is 2. The van der Waals surface area contributed by atoms with Crippen LogP contribution in [0, 0.1) is 0 Å². The first-order chi connectivity index (χ1) is 9.13. The molecule has 0 bridgehead atoms. The van der Waals surface area contributed by atoms with Gasteiger partial charge in [0.05, 0.1) is 11.6 Å². The van der Waals surface area contributed by atoms with Crippen LogP contribution in [-0.4, -0.2) is 7.11 Å². The zero-order valence-corrected chi connectivity index (χ0v) is 14.0. The molecule has 0 amide bonds. The number of methoxy groups -OCH3 is 1. The van der Waals surface area contributed by atoms with Crippen molar-refractivity contribution in [3.8, 4) is 17.2 Å². The van der Waals surface area contributed by atoms with Gasteiger partial charge in [-0.15, -0.1) is 0 Å². The molecule has 19 heavy (non-hydrogen) atoms. The maximum Gasteiger partial charge on any atom is 0.141 e. The van der Waals surface area contributed by atoms with Gasteiger partial charge < -0.3 is 9.47 Å². The molecule has 5 heteroatoms. The van der Waals surface area contributed by atoms with Crippen molar-refractivity contribution in [3.63, 3.8) is 0 Å². The van der Waals surface area contributed by atoms with Crippen molar-refractivity contribution >= 4 is 43.5 Å². The van der Waals surface area contributed by atoms with Crippen LogP contribution >= 0.6 is 43.5 Å². The summed E-state index contributed by atoms with van der Waals surface area (Å²) in [7, 11) is 1.63. The first kappa shape index (κ1) is 14.7. The summed E-state index contributed by atoms with van der Waals surface area (Å²) in [5, 5.41) is 1.40. The average Bonchev–Trinajstić information content (AvgIpc) is 2.41. The molecule has 2 aromatic rings. The van der Waals surface area contributed by atoms with E-state index in [1.165, 1.54) is 0 Å². The number of hydrogen-bond acceptors (Lipinski definition) is 2. The summed E-state index contributed by atoms with van der Waals surface area (Å²) in [6.45, 7) is 0. The zero-order valence-electron chi connectivity index (χ0n) is 10.1. The smallest absolute Gasteiger partial charge is 0.141 e. The molecular formula is C14H11Br2ClO2. The third kappa shape index (κ3) is 3.65. The summed E-state index contributed by atoms with van der Waals surface area (Å²) in [6.07, 6.45) is 0. The highest BCUT2D eigenvalue weighted by molar-refractivity contribution is 9.10. The molecule has 0 aromatic heterocycles. The molecule has 0 atom stereocenters. The second kappa shape index (κ2) is 6.64. The van der Waals surface area contributed by atoms with Gasteiger partial charge >= 0.3 is 0 Å². The van der Waals surface area contributed by atoms with Gasteiger partial charge in [-0.3, -0.25) is 0 Å². The minimum Gasteiger partial charge on any atom is -0.497 e. The van der Waals surface area contributed by atoms with Crippen LogP contribution in [0.5, 0.6) is 17.2 Å². The first-order valence-electron chi connectivity index (χ1n) is 5.50. The second-order valence-corrected chi connectivity index (χ2v) is 5.61. The van der Waals surface area contributed by atoms with Crippen LogP contribution in [0.3, 0.4) is 0 Å². The van der Waals surface area contributed by atoms with E-state index in [9.17, 15) is 0 Å². The fourth-order valence-corrected chi connectivity index (χ4v) is 2.84. The third-order valence-corrected chi connectivity index (χ3v) is 4.11. The van der Waals surface area contributed by atoms with Crippen LogP contribution in [0.25, 0.3) is 0 Å². The number of benzene rings is 2. The molecular weight excluding hydrogens is 395 g/mol. The third-order valence-electron chi connectivity index (χ3n) is 2.54. The molecule has 0 unspecified atom stereocenters. The van der Waals surface area contributed by atoms with Crippen LogP contribution in [-0.2, 0) is 5.33 Å². The quantitative estimate of drug-likeness (QED) is 0.598. The lowest BCUT2D eigenvalue weighted by Crippen LogP contribution is -1.89. The Bertz CT molecular complexity index is 588. The SMILES string of the molecule is COc1ccc(Oc2ccc(CBr)c(Cl)c2)c(Br)c1. The van der Waals surface area contributed by atoms with Crippen molar-refractivity contribution in [1.29, 1.82) is 0 Å². The minimum absolute atomic E-state index is 0.680. The van der Waals surface area contributed by atoms with Crippen molar-refractivity contribution in [3.05, 3.63) is 51.5 Å². The van der Waals surface area contributed by atoms with E-state index >= 15 is 0 Å². The topological polar surface area (TPSA) is 18.5 Å². The highest BCUT2D eigenvalue weighted by Gasteiger charge is 2.06. The van der Waals surface area contributed by atoms with Gasteiger partial charge in [0, 0.05) is 10.4 Å². The molecule has 2 aromatic carbocycles. The first-order valence-corrected chi connectivity index (χ1v) is 7.79. The lowest BCUT2D eigenvalue weighted by Gasteiger charge is -2.10. The van der Waals surface area contributed by atoms with E-state index in [1.807, 2.05) is 30.3 Å². The Labute approximate surface area is 133 Å². The van der Waals surface area contributed by atoms with Gasteiger partial charge in [-0.2, -0.15) is 0 Å². The number of halogens is 3. The van der Waals surface area contributed by atoms with Gasteiger partial charge in [-0.25, -0.2) is 0 Å². The lowest BCUT2D eigenvalue weighted by molar-refractivity contribution is 0.412. The molecule has 0 spiro atoms. The van der Waals surface area contributed by atoms with Crippen molar-refractivity contribution in [2.24, 2.45) is 0 Å². The fourth-order valence-electron chi connectivity index (χ4n) is 1.52. The van der Waals surface area contributed by atoms with Crippen molar-refractivity contribution < 1.29 is 9.47 Å². The summed E-state index contributed by atoms with van der Waals surface area (Å²) >= 11 is 13.0. The predicted octanol–water partition coefficient (Wildman–Crippen LogP) is 5.80. The molecule has 2 nitrogen and oxygen atoms in total. The standard InChI is InChI=1S/C14H11Br2ClO2/c1-18-10-4-5-14(12(16)6-10)19-11-3-2-9(8-15)13(17)7-11/h2-7H,8H2,1H3. The van der Waals surface area contributed by atoms with Crippen LogP contribution < -0.4 is 9.47 Å². The Morgan fingerprint density at radius 2 is 1.84 bits per heavy atom. The van der Waals surface area contributed by atoms with E-state index in [1.54, 1.807) is 13.2 Å². The summed E-state index contributed by atoms with van der Waals surface area (Å²) in [5.74, 6) is 2.18. The van der Waals surface area contributed by atoms with E-state index in [2.05, 4.69) is 31.9 Å². The Balaban J connectivity index is 2.23. The maximum absolute atomic E-state index is 6.14. The predicted molar refractivity (Wildman–Crippen MR) is 84.9 cm³/mol. The molecule has 0 aliphatic rings.